The highest BCUT2D eigenvalue weighted by molar-refractivity contribution is 5.78. The number of unbranched alkanes of at least 4 members (excludes halogenated alkanes) is 30. The predicted octanol–water partition coefficient (Wildman–Crippen LogP) is 11.1. The molecule has 0 atom stereocenters. The topological polar surface area (TPSA) is 132 Å². The molecule has 0 fully saturated rings. The van der Waals surface area contributed by atoms with Crippen molar-refractivity contribution in [1.29, 1.82) is 0 Å². The molecule has 58 heavy (non-hydrogen) atoms. The Morgan fingerprint density at radius 3 is 1.07 bits per heavy atom. The minimum atomic E-state index is -0.443. The van der Waals surface area contributed by atoms with Gasteiger partial charge < -0.3 is 36.5 Å². The highest BCUT2D eigenvalue weighted by Gasteiger charge is 2.17. The third-order valence-electron chi connectivity index (χ3n) is 11.5. The van der Waals surface area contributed by atoms with E-state index >= 15 is 0 Å². The molecule has 6 N–H and O–H groups in total. The SMILES string of the molecule is CCCCCCCCCCCCCCCCCCN(CCCCCCCCCCCCCCCCCC)C(=O)COCC(=O)OC(CNCCCN)CNCCCN. The summed E-state index contributed by atoms with van der Waals surface area (Å²) in [5.74, 6) is -0.459. The minimum Gasteiger partial charge on any atom is -0.458 e. The van der Waals surface area contributed by atoms with Gasteiger partial charge in [0.15, 0.2) is 0 Å². The average Bonchev–Trinajstić information content (AvgIpc) is 3.22. The van der Waals surface area contributed by atoms with Gasteiger partial charge in [0, 0.05) is 26.2 Å². The molecule has 0 saturated carbocycles. The van der Waals surface area contributed by atoms with Crippen molar-refractivity contribution in [3.8, 4) is 0 Å². The molecule has 0 aliphatic rings. The first kappa shape index (κ1) is 56.7. The first-order valence-electron chi connectivity index (χ1n) is 25.5. The summed E-state index contributed by atoms with van der Waals surface area (Å²) < 4.78 is 11.4. The number of esters is 1. The summed E-state index contributed by atoms with van der Waals surface area (Å²) in [6, 6.07) is 0. The highest BCUT2D eigenvalue weighted by atomic mass is 16.6. The van der Waals surface area contributed by atoms with E-state index in [2.05, 4.69) is 24.5 Å². The normalized spacial score (nSPS) is 11.5. The summed E-state index contributed by atoms with van der Waals surface area (Å²) in [6.07, 6.45) is 44.2. The second-order valence-electron chi connectivity index (χ2n) is 17.3. The average molecular weight is 824 g/mol. The number of hydrogen-bond acceptors (Lipinski definition) is 8. The Hall–Kier alpha value is -1.26. The van der Waals surface area contributed by atoms with E-state index in [-0.39, 0.29) is 25.2 Å². The van der Waals surface area contributed by atoms with Crippen LogP contribution in [0.5, 0.6) is 0 Å². The van der Waals surface area contributed by atoms with E-state index in [0.29, 0.717) is 26.2 Å². The maximum atomic E-state index is 13.3. The fourth-order valence-electron chi connectivity index (χ4n) is 7.73. The molecule has 0 aromatic heterocycles. The summed E-state index contributed by atoms with van der Waals surface area (Å²) in [7, 11) is 0. The van der Waals surface area contributed by atoms with Crippen LogP contribution in [0.3, 0.4) is 0 Å². The van der Waals surface area contributed by atoms with Crippen LogP contribution in [-0.4, -0.2) is 88.5 Å². The molecule has 1 amide bonds. The van der Waals surface area contributed by atoms with Crippen LogP contribution in [-0.2, 0) is 19.1 Å². The van der Waals surface area contributed by atoms with Crippen LogP contribution < -0.4 is 22.1 Å². The fourth-order valence-corrected chi connectivity index (χ4v) is 7.73. The van der Waals surface area contributed by atoms with Crippen molar-refractivity contribution in [2.75, 3.05) is 65.6 Å². The van der Waals surface area contributed by atoms with Gasteiger partial charge in [-0.15, -0.1) is 0 Å². The Kier molecular flexibility index (Phi) is 47.4. The Bertz CT molecular complexity index is 787. The van der Waals surface area contributed by atoms with Crippen LogP contribution in [0.15, 0.2) is 0 Å². The van der Waals surface area contributed by atoms with E-state index in [9.17, 15) is 9.59 Å². The van der Waals surface area contributed by atoms with Crippen molar-refractivity contribution in [3.63, 3.8) is 0 Å². The number of nitrogens with two attached hydrogens (primary N) is 2. The van der Waals surface area contributed by atoms with E-state index < -0.39 is 5.97 Å². The Labute approximate surface area is 360 Å². The molecule has 0 aliphatic heterocycles. The Morgan fingerprint density at radius 1 is 0.448 bits per heavy atom. The van der Waals surface area contributed by atoms with Crippen molar-refractivity contribution in [1.82, 2.24) is 15.5 Å². The van der Waals surface area contributed by atoms with E-state index in [1.807, 2.05) is 4.90 Å². The van der Waals surface area contributed by atoms with Gasteiger partial charge in [-0.05, 0) is 51.9 Å². The molecule has 0 bridgehead atoms. The Balaban J connectivity index is 4.48. The van der Waals surface area contributed by atoms with Crippen LogP contribution in [0.1, 0.15) is 232 Å². The zero-order valence-electron chi connectivity index (χ0n) is 38.9. The summed E-state index contributed by atoms with van der Waals surface area (Å²) >= 11 is 0. The number of rotatable bonds is 49. The van der Waals surface area contributed by atoms with E-state index in [4.69, 9.17) is 20.9 Å². The van der Waals surface area contributed by atoms with Gasteiger partial charge in [0.1, 0.15) is 19.3 Å². The third-order valence-corrected chi connectivity index (χ3v) is 11.5. The summed E-state index contributed by atoms with van der Waals surface area (Å²) in [4.78, 5) is 28.0. The zero-order chi connectivity index (χ0) is 42.3. The van der Waals surface area contributed by atoms with Crippen LogP contribution in [0, 0.1) is 0 Å². The van der Waals surface area contributed by atoms with Gasteiger partial charge in [0.05, 0.1) is 0 Å². The second kappa shape index (κ2) is 48.4. The van der Waals surface area contributed by atoms with E-state index in [0.717, 1.165) is 64.7 Å². The first-order valence-corrected chi connectivity index (χ1v) is 25.5. The smallest absolute Gasteiger partial charge is 0.332 e. The van der Waals surface area contributed by atoms with Gasteiger partial charge in [-0.1, -0.05) is 206 Å². The standard InChI is InChI=1S/C49H101N5O4/c1-3-5-7-9-11-13-15-17-19-21-23-25-27-29-31-33-41-54(42-34-32-30-28-26-24-22-20-18-16-14-12-10-8-6-4-2)48(55)45-57-46-49(56)58-47(43-52-39-35-37-50)44-53-40-36-38-51/h47,52-53H,3-46,50-51H2,1-2H3. The van der Waals surface area contributed by atoms with Crippen LogP contribution in [0.25, 0.3) is 0 Å². The lowest BCUT2D eigenvalue weighted by Gasteiger charge is -2.23. The maximum absolute atomic E-state index is 13.3. The second-order valence-corrected chi connectivity index (χ2v) is 17.3. The number of amides is 1. The summed E-state index contributed by atoms with van der Waals surface area (Å²) in [5.41, 5.74) is 11.2. The summed E-state index contributed by atoms with van der Waals surface area (Å²) in [5, 5.41) is 6.62. The van der Waals surface area contributed by atoms with Gasteiger partial charge in [-0.3, -0.25) is 4.79 Å². The number of nitrogens with one attached hydrogen (secondary N) is 2. The van der Waals surface area contributed by atoms with Crippen molar-refractivity contribution in [3.05, 3.63) is 0 Å². The maximum Gasteiger partial charge on any atom is 0.332 e. The molecule has 0 rings (SSSR count). The van der Waals surface area contributed by atoms with Gasteiger partial charge in [-0.25, -0.2) is 4.79 Å². The molecule has 0 unspecified atom stereocenters. The molecule has 0 aromatic carbocycles. The molecule has 0 radical (unpaired) electrons. The molecule has 9 heteroatoms. The molecular weight excluding hydrogens is 723 g/mol. The molecule has 0 saturated heterocycles. The Morgan fingerprint density at radius 2 is 0.759 bits per heavy atom. The molecule has 0 spiro atoms. The highest BCUT2D eigenvalue weighted by Crippen LogP contribution is 2.16. The zero-order valence-corrected chi connectivity index (χ0v) is 38.9. The van der Waals surface area contributed by atoms with Crippen molar-refractivity contribution < 1.29 is 19.1 Å². The van der Waals surface area contributed by atoms with Gasteiger partial charge in [0.2, 0.25) is 5.91 Å². The quantitative estimate of drug-likeness (QED) is 0.0352. The van der Waals surface area contributed by atoms with Gasteiger partial charge in [0.25, 0.3) is 0 Å². The number of carbonyl (C=O) groups is 2. The van der Waals surface area contributed by atoms with Crippen molar-refractivity contribution >= 4 is 11.9 Å². The number of carbonyl (C=O) groups excluding carboxylic acids is 2. The molecule has 0 aromatic rings. The van der Waals surface area contributed by atoms with Crippen molar-refractivity contribution in [2.45, 2.75) is 238 Å². The monoisotopic (exact) mass is 824 g/mol. The molecule has 9 nitrogen and oxygen atoms in total. The van der Waals surface area contributed by atoms with Crippen LogP contribution in [0.4, 0.5) is 0 Å². The van der Waals surface area contributed by atoms with Crippen LogP contribution >= 0.6 is 0 Å². The molecular formula is C49H101N5O4. The molecule has 0 heterocycles. The molecule has 346 valence electrons. The number of hydrogen-bond donors (Lipinski definition) is 4. The predicted molar refractivity (Wildman–Crippen MR) is 249 cm³/mol. The van der Waals surface area contributed by atoms with Gasteiger partial charge >= 0.3 is 5.97 Å². The van der Waals surface area contributed by atoms with Gasteiger partial charge in [-0.2, -0.15) is 0 Å². The fraction of sp³-hybridized carbons (Fsp3) is 0.959. The number of nitrogens with zero attached hydrogens (tertiary/aromatic N) is 1. The summed E-state index contributed by atoms with van der Waals surface area (Å²) in [6.45, 7) is 9.65. The third kappa shape index (κ3) is 42.8. The first-order chi connectivity index (χ1) is 28.6. The van der Waals surface area contributed by atoms with Crippen molar-refractivity contribution in [2.24, 2.45) is 11.5 Å². The van der Waals surface area contributed by atoms with E-state index in [1.165, 1.54) is 180 Å². The van der Waals surface area contributed by atoms with Crippen LogP contribution in [0.2, 0.25) is 0 Å². The number of ether oxygens (including phenoxy) is 2. The largest absolute Gasteiger partial charge is 0.458 e. The lowest BCUT2D eigenvalue weighted by atomic mass is 10.0. The lowest BCUT2D eigenvalue weighted by molar-refractivity contribution is -0.155. The van der Waals surface area contributed by atoms with E-state index in [1.54, 1.807) is 0 Å². The minimum absolute atomic E-state index is 0.0156. The lowest BCUT2D eigenvalue weighted by Crippen LogP contribution is -2.41. The molecule has 0 aliphatic carbocycles.